The van der Waals surface area contributed by atoms with E-state index in [2.05, 4.69) is 0 Å². The summed E-state index contributed by atoms with van der Waals surface area (Å²) < 4.78 is 79.5. The summed E-state index contributed by atoms with van der Waals surface area (Å²) in [5.41, 5.74) is 0.398. The fourth-order valence-electron chi connectivity index (χ4n) is 14.9. The van der Waals surface area contributed by atoms with E-state index in [-0.39, 0.29) is 16.4 Å². The van der Waals surface area contributed by atoms with E-state index in [4.69, 9.17) is 66.3 Å². The largest absolute Gasteiger partial charge is 0.412 e. The van der Waals surface area contributed by atoms with Crippen LogP contribution in [0.4, 0.5) is 0 Å². The van der Waals surface area contributed by atoms with Crippen molar-refractivity contribution < 1.29 is 195 Å². The molecule has 25 fully saturated rings. The van der Waals surface area contributed by atoms with Gasteiger partial charge in [0, 0.05) is 6.61 Å². The number of ether oxygens (including phenoxy) is 14. The van der Waals surface area contributed by atoms with Crippen LogP contribution in [0.5, 0.6) is 0 Å². The summed E-state index contributed by atoms with van der Waals surface area (Å²) >= 11 is 0. The van der Waals surface area contributed by atoms with Gasteiger partial charge in [0.25, 0.3) is 0 Å². The zero-order valence-electron chi connectivity index (χ0n) is 49.4. The predicted molar refractivity (Wildman–Crippen MR) is 287 cm³/mol. The summed E-state index contributed by atoms with van der Waals surface area (Å²) in [5.74, 6) is 2.97. The fraction of sp³-hybridized carbons (Fsp3) is 1.00. The molecule has 540 valence electrons. The van der Waals surface area contributed by atoms with Crippen LogP contribution in [-0.4, -0.2) is 397 Å². The fourth-order valence-corrected chi connectivity index (χ4v) is 14.9. The zero-order chi connectivity index (χ0) is 64.2. The Morgan fingerprint density at radius 1 is 0.217 bits per heavy atom. The van der Waals surface area contributed by atoms with E-state index in [0.717, 1.165) is 17.8 Å². The summed E-state index contributed by atoms with van der Waals surface area (Å²) in [6, 6.07) is 0. The second-order valence-corrected chi connectivity index (χ2v) is 25.2. The molecule has 0 radical (unpaired) electrons. The first-order valence-corrected chi connectivity index (χ1v) is 30.0. The molecule has 0 amide bonds. The van der Waals surface area contributed by atoms with Gasteiger partial charge in [0.05, 0.1) is 46.2 Å². The highest BCUT2D eigenvalue weighted by atomic mass is 16.8. The second kappa shape index (κ2) is 32.6. The lowest BCUT2D eigenvalue weighted by molar-refractivity contribution is -0.396. The topological polar surface area (TPSA) is 669 Å². The summed E-state index contributed by atoms with van der Waals surface area (Å²) in [6.45, 7) is -6.86. The van der Waals surface area contributed by atoms with E-state index in [9.17, 15) is 112 Å². The average molecular weight is 1360 g/mol. The SMILES string of the molecule is O.O.O.OCC12CC3CC(CC(C3)C1)C2.OCC1O[C@@H]2O[C@@H]3C(CO)O[C@H](O[C@@H]4C(CO)O[C@H](O[C@@H]5C(CO)O[C@H](O[C@@H]6C(CO)O[C@H](O[C@@H]7C(CO)O[C@H](O[C@@H]8C(CO)O[C@H](O[C@H]1C(O)C2O)C(O)C8O)C(O)C7O)C(O)C6O)C(O)C5O)C(O)C4O)C(O)C3O. The van der Waals surface area contributed by atoms with Gasteiger partial charge in [-0.05, 0) is 61.7 Å². The lowest BCUT2D eigenvalue weighted by Gasteiger charge is -2.56. The van der Waals surface area contributed by atoms with Gasteiger partial charge in [0.2, 0.25) is 0 Å². The van der Waals surface area contributed by atoms with Crippen LogP contribution in [0.25, 0.3) is 0 Å². The van der Waals surface area contributed by atoms with Crippen LogP contribution < -0.4 is 0 Å². The highest BCUT2D eigenvalue weighted by Crippen LogP contribution is 2.59. The highest BCUT2D eigenvalue weighted by molar-refractivity contribution is 5.04. The molecular weight excluding hydrogens is 1260 g/mol. The Morgan fingerprint density at radius 2 is 0.359 bits per heavy atom. The van der Waals surface area contributed by atoms with Gasteiger partial charge >= 0.3 is 0 Å². The number of aliphatic hydroxyl groups excluding tert-OH is 22. The molecule has 92 heavy (non-hydrogen) atoms. The molecule has 0 spiro atoms. The molecule has 21 aliphatic heterocycles. The third kappa shape index (κ3) is 15.3. The van der Waals surface area contributed by atoms with Gasteiger partial charge in [-0.1, -0.05) is 0 Å². The lowest BCUT2D eigenvalue weighted by atomic mass is 9.50. The van der Waals surface area contributed by atoms with Crippen LogP contribution in [0.2, 0.25) is 0 Å². The average Bonchev–Trinajstić information content (AvgIpc) is 0.786. The molecule has 4 saturated carbocycles. The lowest BCUT2D eigenvalue weighted by Crippen LogP contribution is -2.68. The van der Waals surface area contributed by atoms with Crippen LogP contribution in [0.3, 0.4) is 0 Å². The van der Waals surface area contributed by atoms with Crippen molar-refractivity contribution in [2.75, 3.05) is 52.9 Å². The molecule has 21 unspecified atom stereocenters. The van der Waals surface area contributed by atoms with Crippen molar-refractivity contribution >= 4 is 0 Å². The molecule has 35 atom stereocenters. The molecule has 39 heteroatoms. The summed E-state index contributed by atoms with van der Waals surface area (Å²) in [5, 5.41) is 240. The molecule has 0 aromatic heterocycles. The van der Waals surface area contributed by atoms with Gasteiger partial charge in [0.15, 0.2) is 44.0 Å². The molecule has 0 aromatic carbocycles. The van der Waals surface area contributed by atoms with Crippen LogP contribution in [0.1, 0.15) is 38.5 Å². The monoisotopic (exact) mass is 1350 g/mol. The number of hydrogen-bond acceptors (Lipinski definition) is 36. The normalized spacial score (nSPS) is 53.7. The Balaban J connectivity index is 0.000000707. The van der Waals surface area contributed by atoms with Crippen LogP contribution in [-0.2, 0) is 66.3 Å². The van der Waals surface area contributed by atoms with Crippen molar-refractivity contribution in [3.05, 3.63) is 0 Å². The molecule has 25 aliphatic rings. The van der Waals surface area contributed by atoms with Crippen LogP contribution in [0, 0.1) is 23.2 Å². The molecule has 21 heterocycles. The summed E-state index contributed by atoms with van der Waals surface area (Å²) in [7, 11) is 0. The van der Waals surface area contributed by atoms with Crippen molar-refractivity contribution in [3.8, 4) is 0 Å². The third-order valence-electron chi connectivity index (χ3n) is 19.3. The number of hydrogen-bond donors (Lipinski definition) is 22. The van der Waals surface area contributed by atoms with Crippen LogP contribution >= 0.6 is 0 Å². The highest BCUT2D eigenvalue weighted by Gasteiger charge is 2.60. The van der Waals surface area contributed by atoms with E-state index in [1.807, 2.05) is 0 Å². The molecule has 39 nitrogen and oxygen atoms in total. The smallest absolute Gasteiger partial charge is 0.187 e. The Bertz CT molecular complexity index is 1820. The number of rotatable bonds is 8. The minimum Gasteiger partial charge on any atom is -0.412 e. The first-order chi connectivity index (χ1) is 42.5. The van der Waals surface area contributed by atoms with Gasteiger partial charge in [-0.3, -0.25) is 0 Å². The summed E-state index contributed by atoms with van der Waals surface area (Å²) in [4.78, 5) is 0. The van der Waals surface area contributed by atoms with Crippen molar-refractivity contribution in [1.29, 1.82) is 0 Å². The molecule has 4 aliphatic carbocycles. The molecular formula is C53H94O39. The molecule has 25 rings (SSSR count). The van der Waals surface area contributed by atoms with Gasteiger partial charge in [-0.25, -0.2) is 0 Å². The molecule has 21 saturated heterocycles. The first-order valence-electron chi connectivity index (χ1n) is 30.0. The van der Waals surface area contributed by atoms with E-state index >= 15 is 0 Å². The number of aliphatic hydroxyl groups is 22. The van der Waals surface area contributed by atoms with Gasteiger partial charge in [-0.2, -0.15) is 0 Å². The Hall–Kier alpha value is -1.56. The van der Waals surface area contributed by atoms with Crippen molar-refractivity contribution in [2.45, 2.75) is 253 Å². The van der Waals surface area contributed by atoms with Gasteiger partial charge in [-0.15, -0.1) is 0 Å². The van der Waals surface area contributed by atoms with Crippen molar-refractivity contribution in [2.24, 2.45) is 23.2 Å². The maximum atomic E-state index is 11.3. The summed E-state index contributed by atoms with van der Waals surface area (Å²) in [6.07, 6.45) is -61.8. The van der Waals surface area contributed by atoms with Crippen LogP contribution in [0.15, 0.2) is 0 Å². The molecule has 0 aromatic rings. The van der Waals surface area contributed by atoms with E-state index in [1.54, 1.807) is 0 Å². The quantitative estimate of drug-likeness (QED) is 0.107. The molecule has 18 bridgehead atoms. The Labute approximate surface area is 523 Å². The third-order valence-corrected chi connectivity index (χ3v) is 19.3. The minimum atomic E-state index is -2.21. The standard InChI is InChI=1S/C42H70O35.C11H18O.3H2O/c43-1-8-29-15(50)22(57)36(64-8)72-30-9(2-44)66-38(24(59)17(30)52)74-32-11(4-46)68-40(26(61)19(32)54)76-34-13(6-48)70-42(28(63)21(34)56)77-35-14(7-49)69-41(27(62)20(35)55)75-33-12(5-47)67-39(25(60)18(33)53)73-31-10(3-45)65-37(71-29)23(58)16(31)51;12-7-11-4-8-1-9(5-11)3-10(2-8)6-11;;;/h8-63H,1-7H2;8-10,12H,1-7H2;3*1H2/t8?,9?,10?,11?,12?,13?,14?,15?,16?,17?,18?,19?,20?,21?,22?,23?,24?,25?,26?,27?,28?,29-,30-,31-,32-,33-,34-,35-,36-,37-,38-,39-,40-,41-,42-;;;;/m1..../s1. The van der Waals surface area contributed by atoms with E-state index in [1.165, 1.54) is 38.5 Å². The predicted octanol–water partition coefficient (Wildman–Crippen LogP) is -15.5. The van der Waals surface area contributed by atoms with E-state index in [0.29, 0.717) is 12.0 Å². The maximum absolute atomic E-state index is 11.3. The maximum Gasteiger partial charge on any atom is 0.187 e. The van der Waals surface area contributed by atoms with Crippen molar-refractivity contribution in [1.82, 2.24) is 0 Å². The van der Waals surface area contributed by atoms with Crippen molar-refractivity contribution in [3.63, 3.8) is 0 Å². The zero-order valence-corrected chi connectivity index (χ0v) is 49.4. The Morgan fingerprint density at radius 3 is 0.478 bits per heavy atom. The first kappa shape index (κ1) is 77.8. The van der Waals surface area contributed by atoms with Gasteiger partial charge in [0.1, 0.15) is 171 Å². The Kier molecular flexibility index (Phi) is 27.6. The van der Waals surface area contributed by atoms with Gasteiger partial charge < -0.3 is 195 Å². The molecule has 28 N–H and O–H groups in total. The second-order valence-electron chi connectivity index (χ2n) is 25.2. The van der Waals surface area contributed by atoms with E-state index < -0.39 is 261 Å². The minimum absolute atomic E-state index is 0.